The predicted octanol–water partition coefficient (Wildman–Crippen LogP) is 4.61. The molecule has 4 fully saturated rings. The molecule has 6 aliphatic rings. The molecule has 0 radical (unpaired) electrons. The summed E-state index contributed by atoms with van der Waals surface area (Å²) in [7, 11) is 3.90. The number of hydrogen-bond acceptors (Lipinski definition) is 12. The molecule has 238 valence electrons. The van der Waals surface area contributed by atoms with E-state index in [2.05, 4.69) is 0 Å². The Morgan fingerprint density at radius 2 is 1.77 bits per heavy atom. The van der Waals surface area contributed by atoms with E-state index in [1.165, 1.54) is 18.6 Å². The van der Waals surface area contributed by atoms with Gasteiger partial charge < -0.3 is 28.4 Å². The van der Waals surface area contributed by atoms with Crippen molar-refractivity contribution >= 4 is 45.5 Å². The number of carbonyl (C=O) groups excluding carboxylic acids is 4. The molecule has 7 unspecified atom stereocenters. The van der Waals surface area contributed by atoms with Gasteiger partial charge in [-0.15, -0.1) is 0 Å². The lowest BCUT2D eigenvalue weighted by Gasteiger charge is -2.38. The Bertz CT molecular complexity index is 1170. The molecule has 1 spiro atoms. The van der Waals surface area contributed by atoms with E-state index in [1.807, 2.05) is 35.4 Å². The van der Waals surface area contributed by atoms with E-state index in [9.17, 15) is 19.2 Å². The van der Waals surface area contributed by atoms with Gasteiger partial charge >= 0.3 is 23.9 Å². The summed E-state index contributed by atoms with van der Waals surface area (Å²) in [6.07, 6.45) is 7.22. The van der Waals surface area contributed by atoms with Gasteiger partial charge in [0, 0.05) is 28.9 Å². The highest BCUT2D eigenvalue weighted by atomic mass is 33.1. The summed E-state index contributed by atoms with van der Waals surface area (Å²) in [6.45, 7) is 4.71. The van der Waals surface area contributed by atoms with Crippen LogP contribution in [0.15, 0.2) is 11.1 Å². The molecule has 0 aromatic carbocycles. The summed E-state index contributed by atoms with van der Waals surface area (Å²) in [5.74, 6) is -0.0179. The van der Waals surface area contributed by atoms with Crippen molar-refractivity contribution in [2.75, 3.05) is 25.6 Å². The minimum absolute atomic E-state index is 0.0688. The van der Waals surface area contributed by atoms with Crippen LogP contribution in [0.3, 0.4) is 0 Å². The summed E-state index contributed by atoms with van der Waals surface area (Å²) >= 11 is 0. The minimum atomic E-state index is -0.724. The van der Waals surface area contributed by atoms with Gasteiger partial charge in [-0.1, -0.05) is 28.0 Å². The molecule has 3 saturated heterocycles. The highest BCUT2D eigenvalue weighted by Gasteiger charge is 2.91. The third kappa shape index (κ3) is 5.86. The van der Waals surface area contributed by atoms with Crippen LogP contribution in [0.2, 0.25) is 0 Å². The average Bonchev–Trinajstić information content (AvgIpc) is 3.69. The van der Waals surface area contributed by atoms with Gasteiger partial charge in [0.15, 0.2) is 5.60 Å². The normalized spacial score (nSPS) is 35.6. The number of epoxide rings is 2. The Hall–Kier alpha value is -1.76. The molecule has 12 heteroatoms. The monoisotopic (exact) mass is 638 g/mol. The van der Waals surface area contributed by atoms with Crippen LogP contribution in [0, 0.1) is 5.92 Å². The maximum absolute atomic E-state index is 12.7. The van der Waals surface area contributed by atoms with E-state index >= 15 is 0 Å². The van der Waals surface area contributed by atoms with Gasteiger partial charge in [-0.3, -0.25) is 14.4 Å². The van der Waals surface area contributed by atoms with Crippen molar-refractivity contribution < 1.29 is 47.6 Å². The number of rotatable bonds is 15. The van der Waals surface area contributed by atoms with Crippen molar-refractivity contribution in [3.63, 3.8) is 0 Å². The SMILES string of the molecule is CC(OC(=O)CCC(=O)OCCCCOC(=O)CCCCC1CCSS1)C12OC1CC1C3=C(CCC14OC42C)C(=O)OC3. The lowest BCUT2D eigenvalue weighted by Crippen LogP contribution is -2.55. The molecule has 4 aliphatic heterocycles. The summed E-state index contributed by atoms with van der Waals surface area (Å²) in [5, 5.41) is 0.735. The Balaban J connectivity index is 0.839. The topological polar surface area (TPSA) is 130 Å². The first-order valence-electron chi connectivity index (χ1n) is 15.8. The summed E-state index contributed by atoms with van der Waals surface area (Å²) in [4.78, 5) is 48.8. The van der Waals surface area contributed by atoms with Crippen LogP contribution in [0.4, 0.5) is 0 Å². The number of cyclic esters (lactones) is 1. The number of ether oxygens (including phenoxy) is 6. The number of hydrogen-bond donors (Lipinski definition) is 0. The summed E-state index contributed by atoms with van der Waals surface area (Å²) < 4.78 is 34.3. The van der Waals surface area contributed by atoms with Gasteiger partial charge in [0.05, 0.1) is 32.2 Å². The zero-order valence-corrected chi connectivity index (χ0v) is 26.7. The molecular weight excluding hydrogens is 596 g/mol. The van der Waals surface area contributed by atoms with Crippen molar-refractivity contribution in [1.29, 1.82) is 0 Å². The lowest BCUT2D eigenvalue weighted by molar-refractivity contribution is -0.156. The van der Waals surface area contributed by atoms with Crippen molar-refractivity contribution in [3.8, 4) is 0 Å². The molecule has 2 aliphatic carbocycles. The maximum Gasteiger partial charge on any atom is 0.334 e. The predicted molar refractivity (Wildman–Crippen MR) is 158 cm³/mol. The van der Waals surface area contributed by atoms with Gasteiger partial charge in [-0.2, -0.15) is 0 Å². The molecule has 0 amide bonds. The highest BCUT2D eigenvalue weighted by molar-refractivity contribution is 8.77. The maximum atomic E-state index is 12.7. The van der Waals surface area contributed by atoms with Crippen molar-refractivity contribution in [3.05, 3.63) is 11.1 Å². The number of esters is 4. The average molecular weight is 639 g/mol. The molecule has 0 bridgehead atoms. The van der Waals surface area contributed by atoms with Crippen molar-refractivity contribution in [2.24, 2.45) is 5.92 Å². The van der Waals surface area contributed by atoms with Gasteiger partial charge in [0.2, 0.25) is 0 Å². The Morgan fingerprint density at radius 3 is 2.51 bits per heavy atom. The number of unbranched alkanes of at least 4 members (excludes halogenated alkanes) is 2. The zero-order valence-electron chi connectivity index (χ0n) is 25.0. The van der Waals surface area contributed by atoms with Gasteiger partial charge in [0.25, 0.3) is 0 Å². The number of fused-ring (bicyclic) bond motifs is 3. The minimum Gasteiger partial charge on any atom is -0.466 e. The quantitative estimate of drug-likeness (QED) is 0.0816. The fourth-order valence-corrected chi connectivity index (χ4v) is 10.9. The molecule has 0 aromatic rings. The molecule has 4 heterocycles. The van der Waals surface area contributed by atoms with E-state index < -0.39 is 34.8 Å². The van der Waals surface area contributed by atoms with Crippen LogP contribution >= 0.6 is 21.6 Å². The standard InChI is InChI=1S/C31H42O10S2/c1-19(31-24(40-31)17-23-22-18-38-28(35)21(22)11-13-30(23)29(31,2)41-30)39-27(34)10-9-26(33)37-15-6-5-14-36-25(32)8-4-3-7-20-12-16-42-43-20/h19-20,23-24H,3-18H2,1-2H3. The van der Waals surface area contributed by atoms with E-state index in [0.717, 1.165) is 29.2 Å². The van der Waals surface area contributed by atoms with Crippen LogP contribution in [0.5, 0.6) is 0 Å². The highest BCUT2D eigenvalue weighted by Crippen LogP contribution is 2.76. The van der Waals surface area contributed by atoms with Crippen LogP contribution in [0.1, 0.15) is 90.9 Å². The molecule has 1 saturated carbocycles. The number of carbonyl (C=O) groups is 4. The molecule has 43 heavy (non-hydrogen) atoms. The van der Waals surface area contributed by atoms with Crippen LogP contribution in [-0.4, -0.2) is 83.7 Å². The van der Waals surface area contributed by atoms with Crippen molar-refractivity contribution in [1.82, 2.24) is 0 Å². The molecule has 0 N–H and O–H groups in total. The Labute approximate surface area is 260 Å². The second-order valence-corrected chi connectivity index (χ2v) is 15.4. The molecule has 0 aromatic heterocycles. The van der Waals surface area contributed by atoms with Crippen LogP contribution in [0.25, 0.3) is 0 Å². The molecule has 7 atom stereocenters. The van der Waals surface area contributed by atoms with E-state index in [-0.39, 0.29) is 43.4 Å². The van der Waals surface area contributed by atoms with Gasteiger partial charge in [0.1, 0.15) is 23.9 Å². The molecular formula is C31H42O10S2. The second kappa shape index (κ2) is 12.6. The fourth-order valence-electron chi connectivity index (χ4n) is 7.84. The van der Waals surface area contributed by atoms with Gasteiger partial charge in [-0.25, -0.2) is 4.79 Å². The summed E-state index contributed by atoms with van der Waals surface area (Å²) in [5.41, 5.74) is 0.0807. The molecule has 6 rings (SSSR count). The molecule has 10 nitrogen and oxygen atoms in total. The third-order valence-corrected chi connectivity index (χ3v) is 13.2. The van der Waals surface area contributed by atoms with E-state index in [0.29, 0.717) is 51.7 Å². The Kier molecular flexibility index (Phi) is 9.12. The van der Waals surface area contributed by atoms with Gasteiger partial charge in [-0.05, 0) is 70.8 Å². The largest absolute Gasteiger partial charge is 0.466 e. The lowest BCUT2D eigenvalue weighted by atomic mass is 9.60. The summed E-state index contributed by atoms with van der Waals surface area (Å²) in [6, 6.07) is 0. The second-order valence-electron chi connectivity index (χ2n) is 12.6. The zero-order chi connectivity index (χ0) is 30.2. The van der Waals surface area contributed by atoms with Crippen molar-refractivity contribution in [2.45, 2.75) is 125 Å². The van der Waals surface area contributed by atoms with Crippen LogP contribution in [-0.2, 0) is 47.6 Å². The smallest absolute Gasteiger partial charge is 0.334 e. The Morgan fingerprint density at radius 1 is 1.02 bits per heavy atom. The van der Waals surface area contributed by atoms with Crippen LogP contribution < -0.4 is 0 Å². The first kappa shape index (κ1) is 31.2. The van der Waals surface area contributed by atoms with E-state index in [4.69, 9.17) is 28.4 Å². The first-order chi connectivity index (χ1) is 20.7. The first-order valence-corrected chi connectivity index (χ1v) is 18.1. The third-order valence-electron chi connectivity index (χ3n) is 10.2. The van der Waals surface area contributed by atoms with E-state index in [1.54, 1.807) is 0 Å². The fraction of sp³-hybridized carbons (Fsp3) is 0.806.